The molecule has 0 spiro atoms. The van der Waals surface area contributed by atoms with E-state index in [-0.39, 0.29) is 35.3 Å². The predicted octanol–water partition coefficient (Wildman–Crippen LogP) is 1.99. The van der Waals surface area contributed by atoms with Crippen molar-refractivity contribution in [2.45, 2.75) is 102 Å². The van der Waals surface area contributed by atoms with Gasteiger partial charge in [0.1, 0.15) is 23.9 Å². The Morgan fingerprint density at radius 3 is 2.07 bits per heavy atom. The summed E-state index contributed by atoms with van der Waals surface area (Å²) in [6.07, 6.45) is -10.2. The average molecular weight is 778 g/mol. The second-order valence-corrected chi connectivity index (χ2v) is 15.8. The number of esters is 4. The van der Waals surface area contributed by atoms with Crippen molar-refractivity contribution in [2.24, 2.45) is 16.7 Å². The summed E-state index contributed by atoms with van der Waals surface area (Å²) < 4.78 is 29.8. The molecule has 300 valence electrons. The predicted molar refractivity (Wildman–Crippen MR) is 193 cm³/mol. The molecule has 1 amide bonds. The largest absolute Gasteiger partial charge is 0.456 e. The van der Waals surface area contributed by atoms with E-state index >= 15 is 4.79 Å². The molecule has 2 aromatic rings. The molecule has 2 aromatic carbocycles. The molecule has 15 nitrogen and oxygen atoms in total. The van der Waals surface area contributed by atoms with Gasteiger partial charge in [0.25, 0.3) is 5.91 Å². The van der Waals surface area contributed by atoms with Crippen LogP contribution in [0.4, 0.5) is 0 Å². The molecule has 56 heavy (non-hydrogen) atoms. The van der Waals surface area contributed by atoms with E-state index in [4.69, 9.17) is 23.7 Å². The number of amides is 1. The molecular formula is C41H47NO14. The molecule has 2 bridgehead atoms. The summed E-state index contributed by atoms with van der Waals surface area (Å²) in [4.78, 5) is 81.2. The highest BCUT2D eigenvalue weighted by molar-refractivity contribution is 5.96. The van der Waals surface area contributed by atoms with Gasteiger partial charge in [-0.25, -0.2) is 9.59 Å². The lowest BCUT2D eigenvalue weighted by molar-refractivity contribution is -0.346. The van der Waals surface area contributed by atoms with E-state index in [9.17, 15) is 39.3 Å². The van der Waals surface area contributed by atoms with Crippen molar-refractivity contribution in [3.63, 3.8) is 0 Å². The van der Waals surface area contributed by atoms with Gasteiger partial charge in [0, 0.05) is 37.7 Å². The van der Waals surface area contributed by atoms with Crippen LogP contribution >= 0.6 is 0 Å². The first-order chi connectivity index (χ1) is 26.3. The average Bonchev–Trinajstić information content (AvgIpc) is 3.15. The third kappa shape index (κ3) is 6.59. The molecule has 1 heterocycles. The first kappa shape index (κ1) is 40.7. The standard InChI is InChI=1S/C41H47NO14/c1-21-27(54-37(50)26(45)19-42-35(48)24-13-9-7-10-14-24)18-41(51)34(55-36(49)25-15-11-8-12-16-25)32-39(6,28(46)17-29-40(32,20-52-29)56-23(3)44)33(47)31(53-22(2)43)30(21)38(41,4)5/h7-16,26-29,31-32,34,45-46,51H,17-20H2,1-6H3,(H,42,48)/t26-,27+,28+,29-,31-,32?,34+,39-,40+,41-/m1/s1. The Morgan fingerprint density at radius 2 is 1.52 bits per heavy atom. The third-order valence-electron chi connectivity index (χ3n) is 12.2. The molecule has 3 fully saturated rings. The van der Waals surface area contributed by atoms with Crippen molar-refractivity contribution in [1.82, 2.24) is 5.32 Å². The van der Waals surface area contributed by atoms with E-state index in [0.29, 0.717) is 0 Å². The summed E-state index contributed by atoms with van der Waals surface area (Å²) in [5, 5.41) is 38.7. The number of hydrogen-bond acceptors (Lipinski definition) is 14. The first-order valence-electron chi connectivity index (χ1n) is 18.4. The van der Waals surface area contributed by atoms with Gasteiger partial charge in [-0.2, -0.15) is 0 Å². The summed E-state index contributed by atoms with van der Waals surface area (Å²) in [6.45, 7) is 7.42. The number of rotatable bonds is 9. The first-order valence-corrected chi connectivity index (χ1v) is 18.4. The summed E-state index contributed by atoms with van der Waals surface area (Å²) in [7, 11) is 0. The monoisotopic (exact) mass is 777 g/mol. The molecule has 4 aliphatic rings. The number of ether oxygens (including phenoxy) is 5. The van der Waals surface area contributed by atoms with E-state index < -0.39 is 113 Å². The summed E-state index contributed by atoms with van der Waals surface area (Å²) >= 11 is 0. The second kappa shape index (κ2) is 14.8. The molecule has 1 aliphatic heterocycles. The topological polar surface area (TPSA) is 221 Å². The fourth-order valence-corrected chi connectivity index (χ4v) is 9.20. The summed E-state index contributed by atoms with van der Waals surface area (Å²) in [5.41, 5.74) is -7.19. The SMILES string of the molecule is CC(=O)O[C@H]1C(=O)[C@@]2(C)C([C@H](OC(=O)c3ccccc3)[C@]3(O)C[C@H](OC(=O)[C@H](O)CNC(=O)c4ccccc4)C(C)=C1C3(C)C)[C@]1(OC(C)=O)CO[C@@H]1C[C@@H]2O. The number of fused-ring (bicyclic) bond motifs is 5. The zero-order chi connectivity index (χ0) is 41.0. The molecular weight excluding hydrogens is 730 g/mol. The summed E-state index contributed by atoms with van der Waals surface area (Å²) in [5.74, 6) is -6.71. The van der Waals surface area contributed by atoms with Crippen LogP contribution in [0.1, 0.15) is 75.1 Å². The van der Waals surface area contributed by atoms with E-state index in [0.717, 1.165) is 13.8 Å². The Bertz CT molecular complexity index is 1950. The quantitative estimate of drug-likeness (QED) is 0.163. The number of Topliss-reactive ketones (excluding diaryl/α,β-unsaturated/α-hetero) is 1. The number of carbonyl (C=O) groups excluding carboxylic acids is 6. The van der Waals surface area contributed by atoms with Crippen LogP contribution in [-0.4, -0.2) is 112 Å². The van der Waals surface area contributed by atoms with Crippen molar-refractivity contribution < 1.29 is 67.8 Å². The highest BCUT2D eigenvalue weighted by Crippen LogP contribution is 2.64. The molecule has 2 saturated carbocycles. The van der Waals surface area contributed by atoms with Gasteiger partial charge in [-0.1, -0.05) is 50.2 Å². The Balaban J connectivity index is 1.50. The van der Waals surface area contributed by atoms with Gasteiger partial charge in [-0.3, -0.25) is 19.2 Å². The van der Waals surface area contributed by atoms with Crippen LogP contribution in [0.15, 0.2) is 71.8 Å². The number of ketones is 1. The van der Waals surface area contributed by atoms with Gasteiger partial charge in [0.05, 0.1) is 36.2 Å². The minimum atomic E-state index is -2.35. The minimum Gasteiger partial charge on any atom is -0.456 e. The van der Waals surface area contributed by atoms with Crippen molar-refractivity contribution in [2.75, 3.05) is 13.2 Å². The Kier molecular flexibility index (Phi) is 10.8. The number of carbonyl (C=O) groups is 6. The summed E-state index contributed by atoms with van der Waals surface area (Å²) in [6, 6.07) is 15.9. The molecule has 15 heteroatoms. The van der Waals surface area contributed by atoms with Gasteiger partial charge < -0.3 is 44.3 Å². The zero-order valence-electron chi connectivity index (χ0n) is 32.0. The molecule has 6 rings (SSSR count). The van der Waals surface area contributed by atoms with Crippen LogP contribution in [0.25, 0.3) is 0 Å². The Hall–Kier alpha value is -4.96. The lowest BCUT2D eigenvalue weighted by Crippen LogP contribution is -2.82. The lowest BCUT2D eigenvalue weighted by Gasteiger charge is -2.67. The number of aliphatic hydroxyl groups is 3. The van der Waals surface area contributed by atoms with Crippen LogP contribution < -0.4 is 5.32 Å². The minimum absolute atomic E-state index is 0.0114. The van der Waals surface area contributed by atoms with E-state index in [1.807, 2.05) is 0 Å². The second-order valence-electron chi connectivity index (χ2n) is 15.8. The molecule has 1 unspecified atom stereocenters. The number of benzene rings is 2. The van der Waals surface area contributed by atoms with Crippen LogP contribution in [0, 0.1) is 16.7 Å². The number of hydrogen-bond donors (Lipinski definition) is 4. The van der Waals surface area contributed by atoms with Gasteiger partial charge >= 0.3 is 23.9 Å². The maximum absolute atomic E-state index is 15.3. The molecule has 10 atom stereocenters. The number of nitrogens with one attached hydrogen (secondary N) is 1. The van der Waals surface area contributed by atoms with Crippen LogP contribution in [0.2, 0.25) is 0 Å². The molecule has 4 N–H and O–H groups in total. The highest BCUT2D eigenvalue weighted by Gasteiger charge is 2.78. The van der Waals surface area contributed by atoms with E-state index in [1.54, 1.807) is 62.4 Å². The smallest absolute Gasteiger partial charge is 0.338 e. The maximum atomic E-state index is 15.3. The Morgan fingerprint density at radius 1 is 0.911 bits per heavy atom. The van der Waals surface area contributed by atoms with Crippen LogP contribution in [-0.2, 0) is 42.9 Å². The van der Waals surface area contributed by atoms with Gasteiger partial charge in [0.15, 0.2) is 23.6 Å². The maximum Gasteiger partial charge on any atom is 0.338 e. The fourth-order valence-electron chi connectivity index (χ4n) is 9.20. The van der Waals surface area contributed by atoms with E-state index in [1.165, 1.54) is 26.0 Å². The van der Waals surface area contributed by atoms with Gasteiger partial charge in [0.2, 0.25) is 0 Å². The Labute approximate surface area is 323 Å². The van der Waals surface area contributed by atoms with Crippen molar-refractivity contribution >= 4 is 35.6 Å². The van der Waals surface area contributed by atoms with Crippen LogP contribution in [0.5, 0.6) is 0 Å². The highest BCUT2D eigenvalue weighted by atomic mass is 16.6. The van der Waals surface area contributed by atoms with Gasteiger partial charge in [-0.05, 0) is 49.3 Å². The normalized spacial score (nSPS) is 33.5. The van der Waals surface area contributed by atoms with Gasteiger partial charge in [-0.15, -0.1) is 0 Å². The molecule has 0 radical (unpaired) electrons. The number of aliphatic hydroxyl groups excluding tert-OH is 2. The van der Waals surface area contributed by atoms with Crippen molar-refractivity contribution in [3.05, 3.63) is 82.9 Å². The molecule has 0 aromatic heterocycles. The fraction of sp³-hybridized carbons (Fsp3) is 0.512. The van der Waals surface area contributed by atoms with Crippen molar-refractivity contribution in [3.8, 4) is 0 Å². The van der Waals surface area contributed by atoms with Crippen molar-refractivity contribution in [1.29, 1.82) is 0 Å². The molecule has 3 aliphatic carbocycles. The molecule has 1 saturated heterocycles. The zero-order valence-corrected chi connectivity index (χ0v) is 32.0. The van der Waals surface area contributed by atoms with E-state index in [2.05, 4.69) is 5.32 Å². The van der Waals surface area contributed by atoms with Crippen LogP contribution in [0.3, 0.4) is 0 Å². The lowest BCUT2D eigenvalue weighted by atomic mass is 9.44. The third-order valence-corrected chi connectivity index (χ3v) is 12.2.